The molecule has 1 saturated heterocycles. The van der Waals surface area contributed by atoms with Gasteiger partial charge >= 0.3 is 6.03 Å². The second-order valence-electron chi connectivity index (χ2n) is 6.24. The zero-order chi connectivity index (χ0) is 17.8. The van der Waals surface area contributed by atoms with E-state index in [4.69, 9.17) is 0 Å². The van der Waals surface area contributed by atoms with Crippen LogP contribution < -0.4 is 5.32 Å². The van der Waals surface area contributed by atoms with Gasteiger partial charge in [0.05, 0.1) is 6.10 Å². The number of aliphatic hydroxyl groups is 1. The van der Waals surface area contributed by atoms with Crippen molar-refractivity contribution in [3.8, 4) is 0 Å². The molecule has 0 aliphatic carbocycles. The molecule has 0 spiro atoms. The van der Waals surface area contributed by atoms with Crippen LogP contribution in [0.5, 0.6) is 0 Å². The van der Waals surface area contributed by atoms with Crippen LogP contribution in [0, 0.1) is 11.6 Å². The van der Waals surface area contributed by atoms with Crippen molar-refractivity contribution >= 4 is 11.7 Å². The molecule has 4 nitrogen and oxygen atoms in total. The summed E-state index contributed by atoms with van der Waals surface area (Å²) in [4.78, 5) is 14.1. The number of carbonyl (C=O) groups excluding carboxylic acids is 1. The predicted octanol–water partition coefficient (Wildman–Crippen LogP) is 4.08. The molecule has 2 unspecified atom stereocenters. The van der Waals surface area contributed by atoms with Crippen molar-refractivity contribution in [1.82, 2.24) is 4.90 Å². The number of amides is 2. The highest BCUT2D eigenvalue weighted by molar-refractivity contribution is 5.89. The van der Waals surface area contributed by atoms with Crippen molar-refractivity contribution in [1.29, 1.82) is 0 Å². The molecule has 1 aliphatic heterocycles. The topological polar surface area (TPSA) is 52.6 Å². The minimum Gasteiger partial charge on any atom is -0.388 e. The lowest BCUT2D eigenvalue weighted by Crippen LogP contribution is -2.39. The van der Waals surface area contributed by atoms with E-state index in [2.05, 4.69) is 5.32 Å². The quantitative estimate of drug-likeness (QED) is 0.876. The van der Waals surface area contributed by atoms with Crippen LogP contribution in [0.4, 0.5) is 19.3 Å². The van der Waals surface area contributed by atoms with Gasteiger partial charge in [-0.1, -0.05) is 30.3 Å². The SMILES string of the molecule is O=C(Nc1cc(F)cc(F)c1)N1CCCC1CC(O)c1ccccc1. The van der Waals surface area contributed by atoms with Crippen LogP contribution in [0.1, 0.15) is 30.9 Å². The van der Waals surface area contributed by atoms with Gasteiger partial charge in [0.25, 0.3) is 0 Å². The molecule has 25 heavy (non-hydrogen) atoms. The van der Waals surface area contributed by atoms with Crippen molar-refractivity contribution in [3.05, 3.63) is 65.7 Å². The van der Waals surface area contributed by atoms with E-state index in [1.165, 1.54) is 0 Å². The molecular formula is C19H20F2N2O2. The molecule has 1 heterocycles. The maximum absolute atomic E-state index is 13.3. The van der Waals surface area contributed by atoms with Crippen LogP contribution in [-0.4, -0.2) is 28.6 Å². The number of hydrogen-bond donors (Lipinski definition) is 2. The number of rotatable bonds is 4. The maximum atomic E-state index is 13.3. The summed E-state index contributed by atoms with van der Waals surface area (Å²) in [6.45, 7) is 0.551. The summed E-state index contributed by atoms with van der Waals surface area (Å²) in [7, 11) is 0. The molecule has 2 N–H and O–H groups in total. The molecule has 0 saturated carbocycles. The van der Waals surface area contributed by atoms with E-state index in [0.29, 0.717) is 13.0 Å². The zero-order valence-electron chi connectivity index (χ0n) is 13.7. The summed E-state index contributed by atoms with van der Waals surface area (Å²) >= 11 is 0. The van der Waals surface area contributed by atoms with Gasteiger partial charge in [-0.15, -0.1) is 0 Å². The normalized spacial score (nSPS) is 18.2. The van der Waals surface area contributed by atoms with E-state index in [-0.39, 0.29) is 11.7 Å². The Kier molecular flexibility index (Phi) is 5.28. The lowest BCUT2D eigenvalue weighted by atomic mass is 10.0. The lowest BCUT2D eigenvalue weighted by Gasteiger charge is -2.27. The zero-order valence-corrected chi connectivity index (χ0v) is 13.7. The maximum Gasteiger partial charge on any atom is 0.322 e. The van der Waals surface area contributed by atoms with Gasteiger partial charge in [-0.25, -0.2) is 13.6 Å². The van der Waals surface area contributed by atoms with E-state index >= 15 is 0 Å². The standard InChI is InChI=1S/C19H20F2N2O2/c20-14-9-15(21)11-16(10-14)22-19(25)23-8-4-7-17(23)12-18(24)13-5-2-1-3-6-13/h1-3,5-6,9-11,17-18,24H,4,7-8,12H2,(H,22,25). The number of anilines is 1. The van der Waals surface area contributed by atoms with Gasteiger partial charge in [0.1, 0.15) is 11.6 Å². The van der Waals surface area contributed by atoms with Crippen molar-refractivity contribution in [3.63, 3.8) is 0 Å². The van der Waals surface area contributed by atoms with Crippen molar-refractivity contribution in [2.75, 3.05) is 11.9 Å². The first-order valence-electron chi connectivity index (χ1n) is 8.29. The van der Waals surface area contributed by atoms with Crippen LogP contribution >= 0.6 is 0 Å². The minimum absolute atomic E-state index is 0.0803. The molecule has 0 radical (unpaired) electrons. The summed E-state index contributed by atoms with van der Waals surface area (Å²) < 4.78 is 26.5. The Morgan fingerprint density at radius 3 is 2.56 bits per heavy atom. The molecule has 2 aromatic carbocycles. The van der Waals surface area contributed by atoms with Gasteiger partial charge in [0, 0.05) is 24.3 Å². The van der Waals surface area contributed by atoms with Gasteiger partial charge in [-0.2, -0.15) is 0 Å². The van der Waals surface area contributed by atoms with Gasteiger partial charge < -0.3 is 15.3 Å². The summed E-state index contributed by atoms with van der Waals surface area (Å²) in [6.07, 6.45) is 1.38. The van der Waals surface area contributed by atoms with Crippen molar-refractivity contribution < 1.29 is 18.7 Å². The number of aliphatic hydroxyl groups excluding tert-OH is 1. The fraction of sp³-hybridized carbons (Fsp3) is 0.316. The van der Waals surface area contributed by atoms with E-state index < -0.39 is 23.8 Å². The molecule has 132 valence electrons. The number of benzene rings is 2. The number of likely N-dealkylation sites (tertiary alicyclic amines) is 1. The minimum atomic E-state index is -0.743. The Morgan fingerprint density at radius 1 is 1.20 bits per heavy atom. The Bertz CT molecular complexity index is 719. The molecule has 6 heteroatoms. The van der Waals surface area contributed by atoms with E-state index in [0.717, 1.165) is 36.6 Å². The third-order valence-electron chi connectivity index (χ3n) is 4.43. The first-order valence-corrected chi connectivity index (χ1v) is 8.29. The predicted molar refractivity (Wildman–Crippen MR) is 91.1 cm³/mol. The second kappa shape index (κ2) is 7.61. The second-order valence-corrected chi connectivity index (χ2v) is 6.24. The lowest BCUT2D eigenvalue weighted by molar-refractivity contribution is 0.130. The number of nitrogens with zero attached hydrogens (tertiary/aromatic N) is 1. The number of hydrogen-bond acceptors (Lipinski definition) is 2. The average Bonchev–Trinajstić information content (AvgIpc) is 3.03. The molecule has 1 aliphatic rings. The Morgan fingerprint density at radius 2 is 1.88 bits per heavy atom. The molecule has 0 aromatic heterocycles. The summed E-state index contributed by atoms with van der Waals surface area (Å²) in [5, 5.41) is 12.9. The molecule has 1 fully saturated rings. The van der Waals surface area contributed by atoms with Crippen molar-refractivity contribution in [2.45, 2.75) is 31.4 Å². The highest BCUT2D eigenvalue weighted by atomic mass is 19.1. The third-order valence-corrected chi connectivity index (χ3v) is 4.43. The monoisotopic (exact) mass is 346 g/mol. The van der Waals surface area contributed by atoms with Gasteiger partial charge in [0.15, 0.2) is 0 Å². The van der Waals surface area contributed by atoms with Crippen LogP contribution in [0.3, 0.4) is 0 Å². The first kappa shape index (κ1) is 17.4. The van der Waals surface area contributed by atoms with E-state index in [9.17, 15) is 18.7 Å². The summed E-state index contributed by atoms with van der Waals surface area (Å²) in [6, 6.07) is 11.7. The molecule has 2 aromatic rings. The molecule has 3 rings (SSSR count). The van der Waals surface area contributed by atoms with E-state index in [1.807, 2.05) is 30.3 Å². The number of halogens is 2. The molecule has 2 atom stereocenters. The van der Waals surface area contributed by atoms with Gasteiger partial charge in [0.2, 0.25) is 0 Å². The summed E-state index contributed by atoms with van der Waals surface area (Å²) in [5.74, 6) is -1.49. The number of urea groups is 1. The number of nitrogens with one attached hydrogen (secondary N) is 1. The Balaban J connectivity index is 1.65. The van der Waals surface area contributed by atoms with Crippen LogP contribution in [0.15, 0.2) is 48.5 Å². The largest absolute Gasteiger partial charge is 0.388 e. The highest BCUT2D eigenvalue weighted by Crippen LogP contribution is 2.28. The number of carbonyl (C=O) groups is 1. The average molecular weight is 346 g/mol. The third kappa shape index (κ3) is 4.33. The first-order chi connectivity index (χ1) is 12.0. The van der Waals surface area contributed by atoms with Crippen LogP contribution in [-0.2, 0) is 0 Å². The van der Waals surface area contributed by atoms with E-state index in [1.54, 1.807) is 4.90 Å². The molecular weight excluding hydrogens is 326 g/mol. The molecule has 2 amide bonds. The summed E-state index contributed by atoms with van der Waals surface area (Å²) in [5.41, 5.74) is 0.888. The van der Waals surface area contributed by atoms with Gasteiger partial charge in [-0.3, -0.25) is 0 Å². The Hall–Kier alpha value is -2.47. The fourth-order valence-corrected chi connectivity index (χ4v) is 3.24. The van der Waals surface area contributed by atoms with Crippen LogP contribution in [0.2, 0.25) is 0 Å². The molecule has 0 bridgehead atoms. The van der Waals surface area contributed by atoms with Crippen LogP contribution in [0.25, 0.3) is 0 Å². The fourth-order valence-electron chi connectivity index (χ4n) is 3.24. The van der Waals surface area contributed by atoms with Crippen molar-refractivity contribution in [2.24, 2.45) is 0 Å². The highest BCUT2D eigenvalue weighted by Gasteiger charge is 2.30. The smallest absolute Gasteiger partial charge is 0.322 e. The van der Waals surface area contributed by atoms with Gasteiger partial charge in [-0.05, 0) is 37.0 Å². The Labute approximate surface area is 145 Å².